The Morgan fingerprint density at radius 1 is 1.05 bits per heavy atom. The highest BCUT2D eigenvalue weighted by molar-refractivity contribution is 5.81. The molecule has 2 aromatic heterocycles. The minimum atomic E-state index is -4.40. The maximum atomic E-state index is 12.8. The number of piperazine rings is 1. The summed E-state index contributed by atoms with van der Waals surface area (Å²) in [6, 6.07) is 16.0. The van der Waals surface area contributed by atoms with Gasteiger partial charge in [0.1, 0.15) is 11.3 Å². The van der Waals surface area contributed by atoms with Crippen LogP contribution in [0.4, 0.5) is 19.0 Å². The number of nitriles is 1. The van der Waals surface area contributed by atoms with Crippen LogP contribution in [0.1, 0.15) is 42.0 Å². The highest BCUT2D eigenvalue weighted by Gasteiger charge is 2.31. The van der Waals surface area contributed by atoms with Gasteiger partial charge in [0.25, 0.3) is 0 Å². The van der Waals surface area contributed by atoms with Crippen LogP contribution in [0.2, 0.25) is 0 Å². The Morgan fingerprint density at radius 2 is 1.77 bits per heavy atom. The normalized spacial score (nSPS) is 15.5. The number of aliphatic hydroxyl groups excluding tert-OH is 1. The van der Waals surface area contributed by atoms with Gasteiger partial charge in [-0.25, -0.2) is 9.97 Å². The van der Waals surface area contributed by atoms with E-state index in [1.54, 1.807) is 6.07 Å². The lowest BCUT2D eigenvalue weighted by atomic mass is 10.00. The van der Waals surface area contributed by atoms with E-state index in [2.05, 4.69) is 34.8 Å². The van der Waals surface area contributed by atoms with Gasteiger partial charge in [0.05, 0.1) is 23.3 Å². The zero-order valence-corrected chi connectivity index (χ0v) is 22.3. The summed E-state index contributed by atoms with van der Waals surface area (Å²) in [6.45, 7) is 7.21. The lowest BCUT2D eigenvalue weighted by Crippen LogP contribution is -2.49. The fraction of sp³-hybridized carbons (Fsp3) is 0.367. The van der Waals surface area contributed by atoms with Gasteiger partial charge < -0.3 is 14.4 Å². The van der Waals surface area contributed by atoms with Crippen molar-refractivity contribution in [3.63, 3.8) is 0 Å². The number of rotatable bonds is 7. The number of aromatic nitrogens is 2. The van der Waals surface area contributed by atoms with E-state index in [0.717, 1.165) is 29.0 Å². The fourth-order valence-corrected chi connectivity index (χ4v) is 4.99. The van der Waals surface area contributed by atoms with Crippen LogP contribution in [0, 0.1) is 11.3 Å². The summed E-state index contributed by atoms with van der Waals surface area (Å²) in [4.78, 5) is 12.7. The summed E-state index contributed by atoms with van der Waals surface area (Å²) in [5.74, 6) is 1.20. The molecule has 40 heavy (non-hydrogen) atoms. The number of β-amino-alcohol motifs (C(OH)–C–C–N with tert-alkyl or cyclic N) is 1. The van der Waals surface area contributed by atoms with Gasteiger partial charge in [0, 0.05) is 50.0 Å². The number of nitrogens with zero attached hydrogens (tertiary/aromatic N) is 5. The predicted molar refractivity (Wildman–Crippen MR) is 146 cm³/mol. The van der Waals surface area contributed by atoms with Gasteiger partial charge in [-0.15, -0.1) is 0 Å². The van der Waals surface area contributed by atoms with Crippen molar-refractivity contribution in [1.82, 2.24) is 14.9 Å². The molecule has 0 amide bonds. The Labute approximate surface area is 230 Å². The van der Waals surface area contributed by atoms with E-state index in [-0.39, 0.29) is 5.92 Å². The molecule has 1 aliphatic heterocycles. The first-order valence-electron chi connectivity index (χ1n) is 13.2. The molecule has 0 bridgehead atoms. The van der Waals surface area contributed by atoms with Gasteiger partial charge >= 0.3 is 6.18 Å². The average molecular weight is 550 g/mol. The molecular weight excluding hydrogens is 519 g/mol. The number of anilines is 1. The van der Waals surface area contributed by atoms with E-state index >= 15 is 0 Å². The van der Waals surface area contributed by atoms with E-state index in [4.69, 9.17) is 4.42 Å². The van der Waals surface area contributed by atoms with Crippen LogP contribution in [0.15, 0.2) is 59.1 Å². The number of hydrogen-bond donors (Lipinski definition) is 1. The van der Waals surface area contributed by atoms with E-state index in [9.17, 15) is 23.5 Å². The number of alkyl halides is 3. The summed E-state index contributed by atoms with van der Waals surface area (Å²) in [5, 5.41) is 20.1. The smallest absolute Gasteiger partial charge is 0.417 e. The number of hydrogen-bond acceptors (Lipinski definition) is 7. The lowest BCUT2D eigenvalue weighted by Gasteiger charge is -2.36. The molecule has 208 valence electrons. The molecule has 10 heteroatoms. The maximum Gasteiger partial charge on any atom is 0.417 e. The van der Waals surface area contributed by atoms with Crippen molar-refractivity contribution in [2.45, 2.75) is 38.5 Å². The molecule has 0 radical (unpaired) electrons. The zero-order valence-electron chi connectivity index (χ0n) is 22.3. The van der Waals surface area contributed by atoms with E-state index < -0.39 is 17.8 Å². The molecule has 3 heterocycles. The Bertz CT molecular complexity index is 1500. The van der Waals surface area contributed by atoms with Crippen LogP contribution < -0.4 is 4.90 Å². The third-order valence-corrected chi connectivity index (χ3v) is 7.18. The molecule has 5 rings (SSSR count). The lowest BCUT2D eigenvalue weighted by molar-refractivity contribution is -0.137. The maximum absolute atomic E-state index is 12.8. The number of fused-ring (bicyclic) bond motifs is 1. The van der Waals surface area contributed by atoms with Gasteiger partial charge in [0.15, 0.2) is 5.58 Å². The third-order valence-electron chi connectivity index (χ3n) is 7.18. The number of oxazole rings is 1. The van der Waals surface area contributed by atoms with Crippen LogP contribution in [0.25, 0.3) is 22.6 Å². The standard InChI is InChI=1S/C30H30F3N5O2/c1-19(2)25-14-21(16-34)15-26-28(25)40-29(36-26)22-5-3-20(4-6-22)13-24(39)18-37-9-11-38(12-10-37)27-8-7-23(17-35-27)30(31,32)33/h3-8,14-15,17,19,24,39H,9-13,18H2,1-2H3. The Hall–Kier alpha value is -3.94. The van der Waals surface area contributed by atoms with Crippen LogP contribution in [0.3, 0.4) is 0 Å². The molecular formula is C30H30F3N5O2. The molecule has 1 fully saturated rings. The molecule has 0 aliphatic carbocycles. The largest absolute Gasteiger partial charge is 0.436 e. The van der Waals surface area contributed by atoms with Gasteiger partial charge in [-0.3, -0.25) is 4.90 Å². The molecule has 2 aromatic carbocycles. The SMILES string of the molecule is CC(C)c1cc(C#N)cc2nc(-c3ccc(CC(O)CN4CCN(c5ccc(C(F)(F)F)cn5)CC4)cc3)oc12. The first-order valence-corrected chi connectivity index (χ1v) is 13.2. The quantitative estimate of drug-likeness (QED) is 0.320. The van der Waals surface area contributed by atoms with Gasteiger partial charge in [-0.1, -0.05) is 26.0 Å². The van der Waals surface area contributed by atoms with Crippen molar-refractivity contribution in [2.75, 3.05) is 37.6 Å². The summed E-state index contributed by atoms with van der Waals surface area (Å²) in [5.41, 5.74) is 3.89. The predicted octanol–water partition coefficient (Wildman–Crippen LogP) is 5.63. The van der Waals surface area contributed by atoms with Crippen molar-refractivity contribution in [3.8, 4) is 17.5 Å². The van der Waals surface area contributed by atoms with Crippen LogP contribution in [0.5, 0.6) is 0 Å². The second-order valence-electron chi connectivity index (χ2n) is 10.4. The van der Waals surface area contributed by atoms with Gasteiger partial charge in [0.2, 0.25) is 5.89 Å². The van der Waals surface area contributed by atoms with Crippen molar-refractivity contribution < 1.29 is 22.7 Å². The summed E-state index contributed by atoms with van der Waals surface area (Å²) in [7, 11) is 0. The summed E-state index contributed by atoms with van der Waals surface area (Å²) >= 11 is 0. The van der Waals surface area contributed by atoms with Gasteiger partial charge in [-0.05, 0) is 54.3 Å². The second kappa shape index (κ2) is 11.3. The number of benzene rings is 2. The molecule has 1 unspecified atom stereocenters. The average Bonchev–Trinajstić information content (AvgIpc) is 3.37. The van der Waals surface area contributed by atoms with Crippen molar-refractivity contribution in [1.29, 1.82) is 5.26 Å². The highest BCUT2D eigenvalue weighted by Crippen LogP contribution is 2.32. The topological polar surface area (TPSA) is 89.4 Å². The molecule has 0 spiro atoms. The molecule has 1 atom stereocenters. The molecule has 0 saturated carbocycles. The number of aliphatic hydroxyl groups is 1. The van der Waals surface area contributed by atoms with E-state index in [0.29, 0.717) is 67.5 Å². The van der Waals surface area contributed by atoms with Crippen LogP contribution >= 0.6 is 0 Å². The Balaban J connectivity index is 1.16. The monoisotopic (exact) mass is 549 g/mol. The first-order chi connectivity index (χ1) is 19.1. The Kier molecular flexibility index (Phi) is 7.79. The van der Waals surface area contributed by atoms with Crippen LogP contribution in [-0.2, 0) is 12.6 Å². The van der Waals surface area contributed by atoms with Crippen molar-refractivity contribution >= 4 is 16.9 Å². The molecule has 1 saturated heterocycles. The summed E-state index contributed by atoms with van der Waals surface area (Å²) in [6.07, 6.45) is -3.61. The molecule has 1 aliphatic rings. The first kappa shape index (κ1) is 27.6. The van der Waals surface area contributed by atoms with Gasteiger partial charge in [-0.2, -0.15) is 18.4 Å². The fourth-order valence-electron chi connectivity index (χ4n) is 4.99. The highest BCUT2D eigenvalue weighted by atomic mass is 19.4. The van der Waals surface area contributed by atoms with E-state index in [1.807, 2.05) is 35.2 Å². The van der Waals surface area contributed by atoms with Crippen molar-refractivity contribution in [3.05, 3.63) is 77.0 Å². The molecule has 7 nitrogen and oxygen atoms in total. The summed E-state index contributed by atoms with van der Waals surface area (Å²) < 4.78 is 44.5. The minimum Gasteiger partial charge on any atom is -0.436 e. The van der Waals surface area contributed by atoms with Crippen LogP contribution in [-0.4, -0.2) is 58.8 Å². The van der Waals surface area contributed by atoms with E-state index in [1.165, 1.54) is 6.07 Å². The molecule has 1 N–H and O–H groups in total. The zero-order chi connectivity index (χ0) is 28.4. The second-order valence-corrected chi connectivity index (χ2v) is 10.4. The number of pyridine rings is 1. The molecule has 4 aromatic rings. The number of halogens is 3. The minimum absolute atomic E-state index is 0.185. The van der Waals surface area contributed by atoms with Crippen molar-refractivity contribution in [2.24, 2.45) is 0 Å². The Morgan fingerprint density at radius 3 is 2.38 bits per heavy atom. The third kappa shape index (κ3) is 6.11.